The van der Waals surface area contributed by atoms with Crippen LogP contribution in [0.5, 0.6) is 5.75 Å². The van der Waals surface area contributed by atoms with Crippen molar-refractivity contribution in [2.24, 2.45) is 0 Å². The Morgan fingerprint density at radius 3 is 2.36 bits per heavy atom. The number of hydrogen-bond donors (Lipinski definition) is 1. The third-order valence-electron chi connectivity index (χ3n) is 2.78. The molecule has 0 heterocycles. The number of halogens is 2. The highest BCUT2D eigenvalue weighted by Crippen LogP contribution is 2.22. The summed E-state index contributed by atoms with van der Waals surface area (Å²) in [5.41, 5.74) is 0.531. The first-order valence-electron chi connectivity index (χ1n) is 6.57. The molecule has 1 N–H and O–H groups in total. The predicted octanol–water partition coefficient (Wildman–Crippen LogP) is 3.31. The minimum atomic E-state index is -3.72. The van der Waals surface area contributed by atoms with Gasteiger partial charge < -0.3 is 4.74 Å². The quantitative estimate of drug-likeness (QED) is 0.885. The summed E-state index contributed by atoms with van der Waals surface area (Å²) in [5, 5.41) is 0. The fraction of sp³-hybridized carbons (Fsp3) is 0.200. The second-order valence-electron chi connectivity index (χ2n) is 4.57. The van der Waals surface area contributed by atoms with E-state index in [0.717, 1.165) is 6.07 Å². The lowest BCUT2D eigenvalue weighted by molar-refractivity contribution is 0.321. The van der Waals surface area contributed by atoms with Crippen molar-refractivity contribution in [3.05, 3.63) is 59.7 Å². The van der Waals surface area contributed by atoms with Crippen molar-refractivity contribution in [3.8, 4) is 5.75 Å². The molecule has 2 aromatic rings. The second-order valence-corrected chi connectivity index (χ2v) is 6.29. The summed E-state index contributed by atoms with van der Waals surface area (Å²) >= 11 is 0. The summed E-state index contributed by atoms with van der Waals surface area (Å²) in [5.74, 6) is -1.36. The fourth-order valence-electron chi connectivity index (χ4n) is 1.85. The molecule has 0 aliphatic heterocycles. The number of ether oxygens (including phenoxy) is 1. The number of anilines is 1. The molecule has 0 aliphatic rings. The third-order valence-corrected chi connectivity index (χ3v) is 4.04. The van der Waals surface area contributed by atoms with Gasteiger partial charge in [-0.2, -0.15) is 0 Å². The summed E-state index contributed by atoms with van der Waals surface area (Å²) < 4.78 is 57.8. The SMILES string of the molecule is CCOc1ccc(NS(=O)(=O)Cc2ccc(F)cc2)cc1F. The lowest BCUT2D eigenvalue weighted by Crippen LogP contribution is -2.15. The van der Waals surface area contributed by atoms with E-state index in [1.807, 2.05) is 0 Å². The second kappa shape index (κ2) is 6.74. The molecule has 0 aromatic heterocycles. The Bertz CT molecular complexity index is 746. The van der Waals surface area contributed by atoms with Crippen LogP contribution in [-0.2, 0) is 15.8 Å². The molecule has 2 aromatic carbocycles. The van der Waals surface area contributed by atoms with Crippen molar-refractivity contribution in [3.63, 3.8) is 0 Å². The number of rotatable bonds is 6. The van der Waals surface area contributed by atoms with Crippen LogP contribution in [0, 0.1) is 11.6 Å². The highest BCUT2D eigenvalue weighted by Gasteiger charge is 2.13. The summed E-state index contributed by atoms with van der Waals surface area (Å²) in [4.78, 5) is 0. The Balaban J connectivity index is 2.11. The number of sulfonamides is 1. The molecule has 0 saturated carbocycles. The van der Waals surface area contributed by atoms with Crippen LogP contribution in [-0.4, -0.2) is 15.0 Å². The largest absolute Gasteiger partial charge is 0.491 e. The highest BCUT2D eigenvalue weighted by atomic mass is 32.2. The molecule has 0 fully saturated rings. The lowest BCUT2D eigenvalue weighted by Gasteiger charge is -2.10. The van der Waals surface area contributed by atoms with Crippen molar-refractivity contribution in [2.75, 3.05) is 11.3 Å². The van der Waals surface area contributed by atoms with Crippen LogP contribution >= 0.6 is 0 Å². The van der Waals surface area contributed by atoms with Crippen molar-refractivity contribution >= 4 is 15.7 Å². The van der Waals surface area contributed by atoms with Gasteiger partial charge in [-0.25, -0.2) is 17.2 Å². The van der Waals surface area contributed by atoms with Gasteiger partial charge >= 0.3 is 0 Å². The molecule has 22 heavy (non-hydrogen) atoms. The van der Waals surface area contributed by atoms with Crippen LogP contribution in [0.1, 0.15) is 12.5 Å². The Morgan fingerprint density at radius 2 is 1.77 bits per heavy atom. The van der Waals surface area contributed by atoms with Crippen molar-refractivity contribution in [1.82, 2.24) is 0 Å². The standard InChI is InChI=1S/C15H15F2NO3S/c1-2-21-15-8-7-13(9-14(15)17)18-22(19,20)10-11-3-5-12(16)6-4-11/h3-9,18H,2,10H2,1H3. The normalized spacial score (nSPS) is 11.2. The molecular formula is C15H15F2NO3S. The molecule has 0 atom stereocenters. The Hall–Kier alpha value is -2.15. The van der Waals surface area contributed by atoms with E-state index in [1.165, 1.54) is 36.4 Å². The molecule has 0 saturated heterocycles. The molecule has 0 bridgehead atoms. The molecule has 118 valence electrons. The van der Waals surface area contributed by atoms with E-state index in [0.29, 0.717) is 12.2 Å². The minimum Gasteiger partial charge on any atom is -0.491 e. The van der Waals surface area contributed by atoms with Crippen molar-refractivity contribution < 1.29 is 21.9 Å². The van der Waals surface area contributed by atoms with E-state index >= 15 is 0 Å². The van der Waals surface area contributed by atoms with Gasteiger partial charge in [0.2, 0.25) is 10.0 Å². The Morgan fingerprint density at radius 1 is 1.09 bits per heavy atom. The average Bonchev–Trinajstić information content (AvgIpc) is 2.44. The van der Waals surface area contributed by atoms with E-state index < -0.39 is 21.7 Å². The molecule has 7 heteroatoms. The number of hydrogen-bond acceptors (Lipinski definition) is 3. The molecule has 0 unspecified atom stereocenters. The minimum absolute atomic E-state index is 0.0592. The Kier molecular flexibility index (Phi) is 4.97. The molecular weight excluding hydrogens is 312 g/mol. The maximum atomic E-state index is 13.7. The monoisotopic (exact) mass is 327 g/mol. The zero-order valence-corrected chi connectivity index (χ0v) is 12.7. The highest BCUT2D eigenvalue weighted by molar-refractivity contribution is 7.91. The van der Waals surface area contributed by atoms with E-state index in [-0.39, 0.29) is 17.2 Å². The van der Waals surface area contributed by atoms with Crippen molar-refractivity contribution in [1.29, 1.82) is 0 Å². The molecule has 0 spiro atoms. The average molecular weight is 327 g/mol. The van der Waals surface area contributed by atoms with Crippen LogP contribution in [0.3, 0.4) is 0 Å². The van der Waals surface area contributed by atoms with E-state index in [1.54, 1.807) is 6.92 Å². The van der Waals surface area contributed by atoms with Gasteiger partial charge in [0.15, 0.2) is 11.6 Å². The first-order chi connectivity index (χ1) is 10.4. The zero-order valence-electron chi connectivity index (χ0n) is 11.8. The maximum Gasteiger partial charge on any atom is 0.236 e. The van der Waals surface area contributed by atoms with Crippen LogP contribution in [0.15, 0.2) is 42.5 Å². The summed E-state index contributed by atoms with van der Waals surface area (Å²) in [6.45, 7) is 2.03. The van der Waals surface area contributed by atoms with Gasteiger partial charge in [0.1, 0.15) is 5.82 Å². The van der Waals surface area contributed by atoms with Gasteiger partial charge in [-0.05, 0) is 36.8 Å². The number of benzene rings is 2. The first-order valence-corrected chi connectivity index (χ1v) is 8.22. The molecule has 0 aliphatic carbocycles. The lowest BCUT2D eigenvalue weighted by atomic mass is 10.2. The molecule has 4 nitrogen and oxygen atoms in total. The van der Waals surface area contributed by atoms with E-state index in [2.05, 4.69) is 4.72 Å². The fourth-order valence-corrected chi connectivity index (χ4v) is 3.04. The van der Waals surface area contributed by atoms with Crippen LogP contribution < -0.4 is 9.46 Å². The Labute approximate surface area is 127 Å². The van der Waals surface area contributed by atoms with Gasteiger partial charge in [0.05, 0.1) is 18.0 Å². The number of nitrogens with one attached hydrogen (secondary N) is 1. The molecule has 0 radical (unpaired) electrons. The van der Waals surface area contributed by atoms with Gasteiger partial charge in [0, 0.05) is 6.07 Å². The van der Waals surface area contributed by atoms with Gasteiger partial charge in [-0.1, -0.05) is 12.1 Å². The predicted molar refractivity (Wildman–Crippen MR) is 80.2 cm³/mol. The van der Waals surface area contributed by atoms with Gasteiger partial charge in [-0.3, -0.25) is 4.72 Å². The summed E-state index contributed by atoms with van der Waals surface area (Å²) in [6.07, 6.45) is 0. The van der Waals surface area contributed by atoms with Gasteiger partial charge in [-0.15, -0.1) is 0 Å². The van der Waals surface area contributed by atoms with E-state index in [4.69, 9.17) is 4.74 Å². The van der Waals surface area contributed by atoms with E-state index in [9.17, 15) is 17.2 Å². The maximum absolute atomic E-state index is 13.7. The van der Waals surface area contributed by atoms with Crippen LogP contribution in [0.4, 0.5) is 14.5 Å². The first kappa shape index (κ1) is 16.2. The smallest absolute Gasteiger partial charge is 0.236 e. The zero-order chi connectivity index (χ0) is 16.2. The summed E-state index contributed by atoms with van der Waals surface area (Å²) in [6, 6.07) is 8.95. The summed E-state index contributed by atoms with van der Waals surface area (Å²) in [7, 11) is -3.72. The molecule has 0 amide bonds. The van der Waals surface area contributed by atoms with Crippen LogP contribution in [0.2, 0.25) is 0 Å². The molecule has 2 rings (SSSR count). The van der Waals surface area contributed by atoms with Crippen molar-refractivity contribution in [2.45, 2.75) is 12.7 Å². The van der Waals surface area contributed by atoms with Gasteiger partial charge in [0.25, 0.3) is 0 Å². The topological polar surface area (TPSA) is 55.4 Å². The van der Waals surface area contributed by atoms with Crippen LogP contribution in [0.25, 0.3) is 0 Å². The third kappa shape index (κ3) is 4.42.